The lowest BCUT2D eigenvalue weighted by atomic mass is 10.1. The Bertz CT molecular complexity index is 910. The molecule has 0 spiro atoms. The van der Waals surface area contributed by atoms with Gasteiger partial charge in [-0.1, -0.05) is 38.7 Å². The van der Waals surface area contributed by atoms with Gasteiger partial charge < -0.3 is 9.98 Å². The van der Waals surface area contributed by atoms with Crippen LogP contribution >= 0.6 is 0 Å². The third kappa shape index (κ3) is 5.71. The van der Waals surface area contributed by atoms with E-state index < -0.39 is 0 Å². The van der Waals surface area contributed by atoms with Crippen molar-refractivity contribution < 1.29 is 0 Å². The Morgan fingerprint density at radius 2 is 2.00 bits per heavy atom. The number of hydrogen-bond acceptors (Lipinski definition) is 4. The molecule has 5 heteroatoms. The molecule has 0 aliphatic heterocycles. The first-order valence-corrected chi connectivity index (χ1v) is 9.03. The van der Waals surface area contributed by atoms with Gasteiger partial charge >= 0.3 is 0 Å². The number of aliphatic imine (C=N–C) groups is 1. The highest BCUT2D eigenvalue weighted by atomic mass is 15.1. The molecule has 0 aromatic carbocycles. The van der Waals surface area contributed by atoms with E-state index >= 15 is 0 Å². The summed E-state index contributed by atoms with van der Waals surface area (Å²) in [5.74, 6) is 0. The molecule has 0 radical (unpaired) electrons. The van der Waals surface area contributed by atoms with Crippen LogP contribution in [0.15, 0.2) is 71.2 Å². The smallest absolute Gasteiger partial charge is 0.160 e. The molecule has 0 atom stereocenters. The average Bonchev–Trinajstić information content (AvgIpc) is 3.09. The third-order valence-corrected chi connectivity index (χ3v) is 3.78. The first-order valence-electron chi connectivity index (χ1n) is 9.03. The Kier molecular flexibility index (Phi) is 8.79. The van der Waals surface area contributed by atoms with Gasteiger partial charge in [0, 0.05) is 0 Å². The van der Waals surface area contributed by atoms with Crippen molar-refractivity contribution in [2.24, 2.45) is 4.99 Å². The Labute approximate surface area is 162 Å². The molecule has 1 N–H and O–H groups in total. The molecule has 0 aliphatic rings. The number of allylic oxidation sites excluding steroid dienone is 5. The van der Waals surface area contributed by atoms with Crippen molar-refractivity contribution in [3.63, 3.8) is 0 Å². The fourth-order valence-corrected chi connectivity index (χ4v) is 2.38. The van der Waals surface area contributed by atoms with Gasteiger partial charge in [0.25, 0.3) is 0 Å². The summed E-state index contributed by atoms with van der Waals surface area (Å²) < 4.78 is 1.98. The van der Waals surface area contributed by atoms with E-state index in [1.54, 1.807) is 13.3 Å². The van der Waals surface area contributed by atoms with Crippen molar-refractivity contribution in [2.45, 2.75) is 41.2 Å². The van der Waals surface area contributed by atoms with Crippen molar-refractivity contribution in [1.29, 1.82) is 5.41 Å². The minimum atomic E-state index is 0.435. The molecule has 2 heterocycles. The lowest BCUT2D eigenvalue weighted by Crippen LogP contribution is -2.03. The number of fused-ring (bicyclic) bond motifs is 1. The quantitative estimate of drug-likeness (QED) is 0.521. The van der Waals surface area contributed by atoms with Gasteiger partial charge in [-0.05, 0) is 56.8 Å². The summed E-state index contributed by atoms with van der Waals surface area (Å²) >= 11 is 0. The van der Waals surface area contributed by atoms with Crippen LogP contribution in [0.4, 0.5) is 0 Å². The Balaban J connectivity index is 0.00000176. The van der Waals surface area contributed by atoms with E-state index in [2.05, 4.69) is 28.3 Å². The van der Waals surface area contributed by atoms with Gasteiger partial charge in [0.15, 0.2) is 5.65 Å². The van der Waals surface area contributed by atoms with Crippen LogP contribution in [-0.2, 0) is 6.54 Å². The van der Waals surface area contributed by atoms with E-state index in [1.807, 2.05) is 68.7 Å². The van der Waals surface area contributed by atoms with E-state index in [4.69, 9.17) is 5.41 Å². The predicted molar refractivity (Wildman–Crippen MR) is 117 cm³/mol. The minimum absolute atomic E-state index is 0.435. The molecule has 27 heavy (non-hydrogen) atoms. The standard InChI is InChI=1S/C20H23N5.C2H6/c1-6-8-17(15(4)22-5)11-16(7-2)12-25-13-23-19-10-9-18(14(3)21)24-20(19)25;1-2/h6-11,13,21H,4-5,12H2,1-3H3;1-2H3/b8-6-,16-7+,17-11-,21-14?;. The fourth-order valence-electron chi connectivity index (χ4n) is 2.38. The predicted octanol–water partition coefficient (Wildman–Crippen LogP) is 5.51. The zero-order chi connectivity index (χ0) is 20.4. The number of imidazole rings is 1. The molecular formula is C22H29N5. The zero-order valence-corrected chi connectivity index (χ0v) is 17.0. The molecule has 0 aliphatic carbocycles. The largest absolute Gasteiger partial charge is 0.311 e. The summed E-state index contributed by atoms with van der Waals surface area (Å²) in [5, 5.41) is 7.77. The van der Waals surface area contributed by atoms with Crippen LogP contribution in [-0.4, -0.2) is 27.0 Å². The Hall–Kier alpha value is -3.08. The van der Waals surface area contributed by atoms with Crippen LogP contribution in [0.3, 0.4) is 0 Å². The van der Waals surface area contributed by atoms with Crippen molar-refractivity contribution in [1.82, 2.24) is 14.5 Å². The van der Waals surface area contributed by atoms with Gasteiger partial charge in [0.1, 0.15) is 5.52 Å². The first kappa shape index (κ1) is 22.0. The highest BCUT2D eigenvalue weighted by molar-refractivity contribution is 5.95. The average molecular weight is 364 g/mol. The molecule has 0 bridgehead atoms. The van der Waals surface area contributed by atoms with Gasteiger partial charge in [-0.25, -0.2) is 9.97 Å². The normalized spacial score (nSPS) is 12.0. The van der Waals surface area contributed by atoms with Crippen LogP contribution < -0.4 is 0 Å². The summed E-state index contributed by atoms with van der Waals surface area (Å²) in [4.78, 5) is 12.9. The van der Waals surface area contributed by atoms with Gasteiger partial charge in [0.05, 0.1) is 30.0 Å². The number of hydrogen-bond donors (Lipinski definition) is 1. The summed E-state index contributed by atoms with van der Waals surface area (Å²) in [7, 11) is 0. The SMILES string of the molecule is C=NC(=C)C(/C=C\C)=C\C(=C/C)Cn1cnc2ccc(C(C)=N)nc21.CC. The van der Waals surface area contributed by atoms with E-state index in [-0.39, 0.29) is 0 Å². The van der Waals surface area contributed by atoms with Crippen molar-refractivity contribution in [3.05, 3.63) is 71.9 Å². The van der Waals surface area contributed by atoms with E-state index in [0.29, 0.717) is 23.6 Å². The second kappa shape index (κ2) is 10.8. The highest BCUT2D eigenvalue weighted by Gasteiger charge is 2.08. The number of nitrogens with zero attached hydrogens (tertiary/aromatic N) is 4. The highest BCUT2D eigenvalue weighted by Crippen LogP contribution is 2.18. The first-order chi connectivity index (χ1) is 13.0. The van der Waals surface area contributed by atoms with Crippen LogP contribution in [0.2, 0.25) is 0 Å². The van der Waals surface area contributed by atoms with E-state index in [1.165, 1.54) is 0 Å². The summed E-state index contributed by atoms with van der Waals surface area (Å²) in [5.41, 5.74) is 5.30. The van der Waals surface area contributed by atoms with Gasteiger partial charge in [-0.15, -0.1) is 0 Å². The molecule has 2 aromatic heterocycles. The maximum absolute atomic E-state index is 7.77. The van der Waals surface area contributed by atoms with Crippen molar-refractivity contribution >= 4 is 23.6 Å². The fraction of sp³-hybridized carbons (Fsp3) is 0.273. The number of pyridine rings is 1. The van der Waals surface area contributed by atoms with Gasteiger partial charge in [0.2, 0.25) is 0 Å². The molecular weight excluding hydrogens is 334 g/mol. The summed E-state index contributed by atoms with van der Waals surface area (Å²) in [6.07, 6.45) is 9.75. The minimum Gasteiger partial charge on any atom is -0.311 e. The lowest BCUT2D eigenvalue weighted by molar-refractivity contribution is 0.811. The molecule has 0 amide bonds. The second-order valence-corrected chi connectivity index (χ2v) is 5.60. The topological polar surface area (TPSA) is 66.9 Å². The molecule has 2 aromatic rings. The summed E-state index contributed by atoms with van der Waals surface area (Å²) in [6, 6.07) is 3.72. The molecule has 5 nitrogen and oxygen atoms in total. The van der Waals surface area contributed by atoms with Gasteiger partial charge in [-0.2, -0.15) is 0 Å². The van der Waals surface area contributed by atoms with Crippen LogP contribution in [0.5, 0.6) is 0 Å². The molecule has 142 valence electrons. The number of aromatic nitrogens is 3. The van der Waals surface area contributed by atoms with Crippen molar-refractivity contribution in [2.75, 3.05) is 0 Å². The maximum Gasteiger partial charge on any atom is 0.160 e. The summed E-state index contributed by atoms with van der Waals surface area (Å²) in [6.45, 7) is 17.8. The molecule has 2 rings (SSSR count). The van der Waals surface area contributed by atoms with Crippen LogP contribution in [0.25, 0.3) is 11.2 Å². The monoisotopic (exact) mass is 363 g/mol. The van der Waals surface area contributed by atoms with Crippen LogP contribution in [0.1, 0.15) is 40.3 Å². The number of rotatable bonds is 7. The van der Waals surface area contributed by atoms with Gasteiger partial charge in [-0.3, -0.25) is 4.99 Å². The zero-order valence-electron chi connectivity index (χ0n) is 17.0. The Morgan fingerprint density at radius 1 is 1.30 bits per heavy atom. The molecule has 0 unspecified atom stereocenters. The van der Waals surface area contributed by atoms with Crippen molar-refractivity contribution in [3.8, 4) is 0 Å². The molecule has 0 saturated carbocycles. The van der Waals surface area contributed by atoms with E-state index in [9.17, 15) is 0 Å². The van der Waals surface area contributed by atoms with E-state index in [0.717, 1.165) is 22.3 Å². The second-order valence-electron chi connectivity index (χ2n) is 5.60. The Morgan fingerprint density at radius 3 is 2.56 bits per heavy atom. The number of nitrogens with one attached hydrogen (secondary N) is 1. The third-order valence-electron chi connectivity index (χ3n) is 3.78. The van der Waals surface area contributed by atoms with Crippen LogP contribution in [0, 0.1) is 5.41 Å². The lowest BCUT2D eigenvalue weighted by Gasteiger charge is -2.08. The molecule has 0 saturated heterocycles. The maximum atomic E-state index is 7.77. The molecule has 0 fully saturated rings.